The maximum atomic E-state index is 13.4. The molecular weight excluding hydrogens is 370 g/mol. The topological polar surface area (TPSA) is 68.3 Å². The Balaban J connectivity index is 1.86. The van der Waals surface area contributed by atoms with Crippen LogP contribution in [0.4, 0.5) is 0 Å². The second kappa shape index (κ2) is 7.60. The van der Waals surface area contributed by atoms with Crippen molar-refractivity contribution in [1.82, 2.24) is 10.1 Å². The van der Waals surface area contributed by atoms with Crippen molar-refractivity contribution in [1.29, 1.82) is 0 Å². The van der Waals surface area contributed by atoms with Crippen molar-refractivity contribution >= 4 is 21.3 Å². The molecule has 3 aromatic rings. The smallest absolute Gasteiger partial charge is 0.223 e. The highest BCUT2D eigenvalue weighted by molar-refractivity contribution is 7.94. The van der Waals surface area contributed by atoms with Gasteiger partial charge in [0.1, 0.15) is 0 Å². The minimum atomic E-state index is -2.53. The first kappa shape index (κ1) is 18.6. The van der Waals surface area contributed by atoms with Crippen LogP contribution in [-0.2, 0) is 16.3 Å². The number of hydrogen-bond acceptors (Lipinski definition) is 5. The Morgan fingerprint density at radius 2 is 1.77 bits per heavy atom. The van der Waals surface area contributed by atoms with Gasteiger partial charge >= 0.3 is 0 Å². The zero-order valence-electron chi connectivity index (χ0n) is 14.8. The van der Waals surface area contributed by atoms with Gasteiger partial charge in [-0.05, 0) is 43.7 Å². The zero-order chi connectivity index (χ0) is 18.7. The highest BCUT2D eigenvalue weighted by atomic mass is 35.5. The highest BCUT2D eigenvalue weighted by Crippen LogP contribution is 2.23. The molecular formula is C19H20ClN3O2S. The van der Waals surface area contributed by atoms with Gasteiger partial charge in [-0.1, -0.05) is 41.0 Å². The molecule has 0 saturated heterocycles. The van der Waals surface area contributed by atoms with Crippen LogP contribution >= 0.6 is 11.6 Å². The molecule has 0 spiro atoms. The van der Waals surface area contributed by atoms with Gasteiger partial charge in [0.05, 0.1) is 16.3 Å². The van der Waals surface area contributed by atoms with Gasteiger partial charge in [0.25, 0.3) is 0 Å². The van der Waals surface area contributed by atoms with Crippen LogP contribution in [0.2, 0.25) is 5.02 Å². The molecule has 0 aliphatic heterocycles. The van der Waals surface area contributed by atoms with Crippen molar-refractivity contribution in [3.05, 3.63) is 65.0 Å². The normalized spacial score (nSPS) is 13.6. The third kappa shape index (κ3) is 3.97. The molecule has 7 heteroatoms. The number of aromatic nitrogens is 2. The Hall–Kier alpha value is -2.18. The summed E-state index contributed by atoms with van der Waals surface area (Å²) in [6.07, 6.45) is 0. The van der Waals surface area contributed by atoms with Crippen molar-refractivity contribution in [2.75, 3.05) is 0 Å². The van der Waals surface area contributed by atoms with Gasteiger partial charge < -0.3 is 4.52 Å². The Morgan fingerprint density at radius 3 is 2.31 bits per heavy atom. The molecule has 0 fully saturated rings. The zero-order valence-corrected chi connectivity index (χ0v) is 16.4. The summed E-state index contributed by atoms with van der Waals surface area (Å²) in [6.45, 7) is 5.96. The molecule has 1 atom stereocenters. The molecule has 2 aromatic carbocycles. The molecule has 5 nitrogen and oxygen atoms in total. The van der Waals surface area contributed by atoms with Crippen LogP contribution in [0.15, 0.2) is 62.3 Å². The van der Waals surface area contributed by atoms with Gasteiger partial charge in [0, 0.05) is 27.7 Å². The fourth-order valence-electron chi connectivity index (χ4n) is 2.47. The summed E-state index contributed by atoms with van der Waals surface area (Å²) in [7, 11) is -2.53. The number of aryl methyl sites for hydroxylation is 1. The molecule has 1 aromatic heterocycles. The molecule has 0 aliphatic rings. The van der Waals surface area contributed by atoms with E-state index < -0.39 is 9.73 Å². The SMILES string of the molecule is Cc1nc(-c2ccc(CN=S(=O)(c3ccc(Cl)cc3)C(C)C)cc2)no1. The van der Waals surface area contributed by atoms with E-state index in [4.69, 9.17) is 16.1 Å². The fourth-order valence-corrected chi connectivity index (χ4v) is 4.46. The lowest BCUT2D eigenvalue weighted by Crippen LogP contribution is -2.14. The second-order valence-electron chi connectivity index (χ2n) is 6.19. The lowest BCUT2D eigenvalue weighted by Gasteiger charge is -2.14. The predicted octanol–water partition coefficient (Wildman–Crippen LogP) is 5.13. The Bertz CT molecular complexity index is 1000. The van der Waals surface area contributed by atoms with E-state index in [-0.39, 0.29) is 5.25 Å². The molecule has 1 unspecified atom stereocenters. The Kier molecular flexibility index (Phi) is 5.44. The standard InChI is InChI=1S/C19H20ClN3O2S/c1-13(2)26(24,18-10-8-17(20)9-11-18)21-12-15-4-6-16(7-5-15)19-22-14(3)25-23-19/h4-11,13H,12H2,1-3H3. The average molecular weight is 390 g/mol. The Morgan fingerprint density at radius 1 is 1.12 bits per heavy atom. The summed E-state index contributed by atoms with van der Waals surface area (Å²) >= 11 is 5.94. The lowest BCUT2D eigenvalue weighted by atomic mass is 10.1. The van der Waals surface area contributed by atoms with Crippen LogP contribution in [0.3, 0.4) is 0 Å². The predicted molar refractivity (Wildman–Crippen MR) is 104 cm³/mol. The summed E-state index contributed by atoms with van der Waals surface area (Å²) in [6, 6.07) is 14.8. The first-order chi connectivity index (χ1) is 12.4. The van der Waals surface area contributed by atoms with Gasteiger partial charge in [-0.3, -0.25) is 0 Å². The first-order valence-electron chi connectivity index (χ1n) is 8.25. The number of hydrogen-bond donors (Lipinski definition) is 0. The van der Waals surface area contributed by atoms with Crippen LogP contribution in [-0.4, -0.2) is 19.6 Å². The van der Waals surface area contributed by atoms with Crippen molar-refractivity contribution < 1.29 is 8.73 Å². The molecule has 0 N–H and O–H groups in total. The first-order valence-corrected chi connectivity index (χ1v) is 10.2. The van der Waals surface area contributed by atoms with Crippen LogP contribution < -0.4 is 0 Å². The monoisotopic (exact) mass is 389 g/mol. The molecule has 0 saturated carbocycles. The number of halogens is 1. The molecule has 0 radical (unpaired) electrons. The quantitative estimate of drug-likeness (QED) is 0.606. The molecule has 0 amide bonds. The van der Waals surface area contributed by atoms with E-state index in [2.05, 4.69) is 14.5 Å². The lowest BCUT2D eigenvalue weighted by molar-refractivity contribution is 0.394. The summed E-state index contributed by atoms with van der Waals surface area (Å²) in [5, 5.41) is 4.42. The fraction of sp³-hybridized carbons (Fsp3) is 0.263. The van der Waals surface area contributed by atoms with Crippen LogP contribution in [0.25, 0.3) is 11.4 Å². The largest absolute Gasteiger partial charge is 0.339 e. The Labute approximate surface area is 158 Å². The minimum Gasteiger partial charge on any atom is -0.339 e. The third-order valence-corrected chi connectivity index (χ3v) is 6.96. The van der Waals surface area contributed by atoms with E-state index in [0.717, 1.165) is 11.1 Å². The number of nitrogens with zero attached hydrogens (tertiary/aromatic N) is 3. The summed E-state index contributed by atoms with van der Waals surface area (Å²) in [5.74, 6) is 1.08. The van der Waals surface area contributed by atoms with Gasteiger partial charge in [0.15, 0.2) is 0 Å². The number of rotatable bonds is 5. The highest BCUT2D eigenvalue weighted by Gasteiger charge is 2.17. The van der Waals surface area contributed by atoms with Crippen LogP contribution in [0, 0.1) is 6.92 Å². The van der Waals surface area contributed by atoms with E-state index >= 15 is 0 Å². The summed E-state index contributed by atoms with van der Waals surface area (Å²) in [4.78, 5) is 4.91. The maximum Gasteiger partial charge on any atom is 0.223 e. The summed E-state index contributed by atoms with van der Waals surface area (Å²) < 4.78 is 23.0. The van der Waals surface area contributed by atoms with Crippen molar-refractivity contribution in [2.45, 2.75) is 37.5 Å². The maximum absolute atomic E-state index is 13.4. The van der Waals surface area contributed by atoms with Crippen LogP contribution in [0.5, 0.6) is 0 Å². The van der Waals surface area contributed by atoms with Gasteiger partial charge in [-0.25, -0.2) is 8.57 Å². The van der Waals surface area contributed by atoms with E-state index in [0.29, 0.717) is 28.2 Å². The molecule has 1 heterocycles. The van der Waals surface area contributed by atoms with Crippen molar-refractivity contribution in [3.63, 3.8) is 0 Å². The van der Waals surface area contributed by atoms with Crippen LogP contribution in [0.1, 0.15) is 25.3 Å². The molecule has 26 heavy (non-hydrogen) atoms. The second-order valence-corrected chi connectivity index (χ2v) is 9.44. The average Bonchev–Trinajstić information content (AvgIpc) is 3.07. The third-order valence-electron chi connectivity index (χ3n) is 3.97. The van der Waals surface area contributed by atoms with E-state index in [1.165, 1.54) is 0 Å². The van der Waals surface area contributed by atoms with E-state index in [1.807, 2.05) is 38.1 Å². The van der Waals surface area contributed by atoms with E-state index in [1.54, 1.807) is 31.2 Å². The minimum absolute atomic E-state index is 0.106. The molecule has 3 rings (SSSR count). The number of benzene rings is 2. The molecule has 0 aliphatic carbocycles. The van der Waals surface area contributed by atoms with Gasteiger partial charge in [-0.2, -0.15) is 4.98 Å². The molecule has 136 valence electrons. The van der Waals surface area contributed by atoms with Crippen molar-refractivity contribution in [2.24, 2.45) is 4.36 Å². The van der Waals surface area contributed by atoms with E-state index in [9.17, 15) is 4.21 Å². The summed E-state index contributed by atoms with van der Waals surface area (Å²) in [5.41, 5.74) is 1.84. The molecule has 0 bridgehead atoms. The van der Waals surface area contributed by atoms with Gasteiger partial charge in [0.2, 0.25) is 11.7 Å². The van der Waals surface area contributed by atoms with Crippen molar-refractivity contribution in [3.8, 4) is 11.4 Å². The van der Waals surface area contributed by atoms with Gasteiger partial charge in [-0.15, -0.1) is 0 Å².